The molecule has 5 rings (SSSR count). The third kappa shape index (κ3) is 2.79. The molecule has 0 saturated carbocycles. The SMILES string of the molecule is Ic1nc(N2CCCC2)c2ccn(Cc3nc4ccccc4s3)c2n1. The van der Waals surface area contributed by atoms with Gasteiger partial charge in [-0.2, -0.15) is 0 Å². The van der Waals surface area contributed by atoms with Crippen molar-refractivity contribution in [2.45, 2.75) is 19.4 Å². The Morgan fingerprint density at radius 2 is 1.88 bits per heavy atom. The third-order valence-corrected chi connectivity index (χ3v) is 6.12. The Hall–Kier alpha value is -1.74. The maximum atomic E-state index is 4.76. The number of hydrogen-bond donors (Lipinski definition) is 0. The molecule has 0 unspecified atom stereocenters. The summed E-state index contributed by atoms with van der Waals surface area (Å²) < 4.78 is 4.23. The maximum absolute atomic E-state index is 4.76. The van der Waals surface area contributed by atoms with Crippen LogP contribution in [0.15, 0.2) is 36.5 Å². The first-order chi connectivity index (χ1) is 12.3. The van der Waals surface area contributed by atoms with Gasteiger partial charge in [-0.3, -0.25) is 0 Å². The van der Waals surface area contributed by atoms with E-state index in [4.69, 9.17) is 15.0 Å². The number of fused-ring (bicyclic) bond motifs is 2. The van der Waals surface area contributed by atoms with Gasteiger partial charge in [0, 0.05) is 41.9 Å². The molecule has 5 nitrogen and oxygen atoms in total. The van der Waals surface area contributed by atoms with Gasteiger partial charge in [0.1, 0.15) is 16.5 Å². The van der Waals surface area contributed by atoms with Crippen molar-refractivity contribution in [3.05, 3.63) is 45.4 Å². The number of halogens is 1. The van der Waals surface area contributed by atoms with Crippen LogP contribution in [0.25, 0.3) is 21.3 Å². The van der Waals surface area contributed by atoms with Crippen molar-refractivity contribution in [1.82, 2.24) is 19.5 Å². The Balaban J connectivity index is 1.57. The summed E-state index contributed by atoms with van der Waals surface area (Å²) in [6.45, 7) is 2.92. The normalized spacial score (nSPS) is 14.8. The molecule has 4 aromatic rings. The molecule has 0 aliphatic carbocycles. The van der Waals surface area contributed by atoms with Crippen LogP contribution >= 0.6 is 33.9 Å². The number of benzene rings is 1. The average molecular weight is 461 g/mol. The van der Waals surface area contributed by atoms with Gasteiger partial charge in [-0.1, -0.05) is 12.1 Å². The van der Waals surface area contributed by atoms with Gasteiger partial charge in [0.05, 0.1) is 22.1 Å². The minimum absolute atomic E-state index is 0.745. The van der Waals surface area contributed by atoms with E-state index < -0.39 is 0 Å². The molecule has 0 bridgehead atoms. The zero-order valence-electron chi connectivity index (χ0n) is 13.5. The van der Waals surface area contributed by atoms with Crippen molar-refractivity contribution in [3.63, 3.8) is 0 Å². The number of anilines is 1. The smallest absolute Gasteiger partial charge is 0.194 e. The summed E-state index contributed by atoms with van der Waals surface area (Å²) in [5, 5.41) is 2.25. The minimum atomic E-state index is 0.745. The van der Waals surface area contributed by atoms with E-state index in [0.717, 1.165) is 50.8 Å². The fraction of sp³-hybridized carbons (Fsp3) is 0.278. The Kier molecular flexibility index (Phi) is 3.85. The zero-order valence-corrected chi connectivity index (χ0v) is 16.5. The Morgan fingerprint density at radius 1 is 1.04 bits per heavy atom. The van der Waals surface area contributed by atoms with E-state index in [9.17, 15) is 0 Å². The van der Waals surface area contributed by atoms with Crippen LogP contribution in [0.1, 0.15) is 17.8 Å². The average Bonchev–Trinajstić information content (AvgIpc) is 3.34. The minimum Gasteiger partial charge on any atom is -0.356 e. The van der Waals surface area contributed by atoms with E-state index in [1.165, 1.54) is 17.5 Å². The summed E-state index contributed by atoms with van der Waals surface area (Å²) in [5.41, 5.74) is 2.07. The number of thiazole rings is 1. The molecular weight excluding hydrogens is 445 g/mol. The summed E-state index contributed by atoms with van der Waals surface area (Å²) >= 11 is 3.97. The van der Waals surface area contributed by atoms with Crippen molar-refractivity contribution in [1.29, 1.82) is 0 Å². The fourth-order valence-electron chi connectivity index (χ4n) is 3.45. The monoisotopic (exact) mass is 461 g/mol. The lowest BCUT2D eigenvalue weighted by Crippen LogP contribution is -2.20. The molecule has 0 atom stereocenters. The van der Waals surface area contributed by atoms with Gasteiger partial charge in [0.2, 0.25) is 0 Å². The highest BCUT2D eigenvalue weighted by Gasteiger charge is 2.19. The molecule has 7 heteroatoms. The first-order valence-corrected chi connectivity index (χ1v) is 10.3. The summed E-state index contributed by atoms with van der Waals surface area (Å²) in [6.07, 6.45) is 4.60. The molecule has 25 heavy (non-hydrogen) atoms. The molecule has 4 heterocycles. The standard InChI is InChI=1S/C18H16IN5S/c19-18-21-16(23-8-3-4-9-23)12-7-10-24(17(12)22-18)11-15-20-13-5-1-2-6-14(13)25-15/h1-2,5-7,10H,3-4,8-9,11H2. The van der Waals surface area contributed by atoms with Crippen molar-refractivity contribution in [2.75, 3.05) is 18.0 Å². The second-order valence-electron chi connectivity index (χ2n) is 6.27. The molecular formula is C18H16IN5S. The number of para-hydroxylation sites is 1. The first kappa shape index (κ1) is 15.5. The largest absolute Gasteiger partial charge is 0.356 e. The molecule has 0 spiro atoms. The molecule has 1 aromatic carbocycles. The van der Waals surface area contributed by atoms with Crippen LogP contribution in [-0.2, 0) is 6.54 Å². The molecule has 126 valence electrons. The molecule has 0 amide bonds. The third-order valence-electron chi connectivity index (χ3n) is 4.62. The number of hydrogen-bond acceptors (Lipinski definition) is 5. The Labute approximate surface area is 162 Å². The van der Waals surface area contributed by atoms with E-state index in [-0.39, 0.29) is 0 Å². The van der Waals surface area contributed by atoms with Crippen LogP contribution in [0, 0.1) is 3.83 Å². The van der Waals surface area contributed by atoms with Crippen molar-refractivity contribution in [2.24, 2.45) is 0 Å². The van der Waals surface area contributed by atoms with Gasteiger partial charge in [0.15, 0.2) is 3.83 Å². The van der Waals surface area contributed by atoms with Gasteiger partial charge in [-0.15, -0.1) is 11.3 Å². The maximum Gasteiger partial charge on any atom is 0.194 e. The number of nitrogens with zero attached hydrogens (tertiary/aromatic N) is 5. The van der Waals surface area contributed by atoms with Gasteiger partial charge in [-0.25, -0.2) is 15.0 Å². The Bertz CT molecular complexity index is 1030. The molecule has 1 saturated heterocycles. The zero-order chi connectivity index (χ0) is 16.8. The van der Waals surface area contributed by atoms with E-state index in [0.29, 0.717) is 0 Å². The summed E-state index contributed by atoms with van der Waals surface area (Å²) in [7, 11) is 0. The lowest BCUT2D eigenvalue weighted by Gasteiger charge is -2.17. The molecule has 1 fully saturated rings. The second kappa shape index (κ2) is 6.21. The van der Waals surface area contributed by atoms with E-state index in [2.05, 4.69) is 62.5 Å². The predicted molar refractivity (Wildman–Crippen MR) is 110 cm³/mol. The van der Waals surface area contributed by atoms with Crippen LogP contribution < -0.4 is 4.90 Å². The lowest BCUT2D eigenvalue weighted by atomic mass is 10.3. The van der Waals surface area contributed by atoms with Crippen LogP contribution in [0.3, 0.4) is 0 Å². The van der Waals surface area contributed by atoms with Crippen molar-refractivity contribution >= 4 is 61.0 Å². The van der Waals surface area contributed by atoms with Crippen LogP contribution in [0.2, 0.25) is 0 Å². The van der Waals surface area contributed by atoms with Crippen LogP contribution in [-0.4, -0.2) is 32.6 Å². The van der Waals surface area contributed by atoms with Crippen molar-refractivity contribution in [3.8, 4) is 0 Å². The van der Waals surface area contributed by atoms with E-state index >= 15 is 0 Å². The quantitative estimate of drug-likeness (QED) is 0.337. The predicted octanol–water partition coefficient (Wildman–Crippen LogP) is 4.29. The first-order valence-electron chi connectivity index (χ1n) is 8.40. The van der Waals surface area contributed by atoms with E-state index in [1.54, 1.807) is 11.3 Å². The number of rotatable bonds is 3. The van der Waals surface area contributed by atoms with Gasteiger partial charge < -0.3 is 9.47 Å². The fourth-order valence-corrected chi connectivity index (χ4v) is 4.88. The molecule has 1 aliphatic rings. The summed E-state index contributed by atoms with van der Waals surface area (Å²) in [6, 6.07) is 10.4. The second-order valence-corrected chi connectivity index (χ2v) is 8.35. The van der Waals surface area contributed by atoms with Crippen LogP contribution in [0.5, 0.6) is 0 Å². The van der Waals surface area contributed by atoms with Crippen LogP contribution in [0.4, 0.5) is 5.82 Å². The van der Waals surface area contributed by atoms with Gasteiger partial charge >= 0.3 is 0 Å². The van der Waals surface area contributed by atoms with Gasteiger partial charge in [-0.05, 0) is 31.0 Å². The number of aromatic nitrogens is 4. The summed E-state index contributed by atoms with van der Waals surface area (Å²) in [4.78, 5) is 16.6. The highest BCUT2D eigenvalue weighted by atomic mass is 127. The summed E-state index contributed by atoms with van der Waals surface area (Å²) in [5.74, 6) is 1.08. The topological polar surface area (TPSA) is 46.8 Å². The van der Waals surface area contributed by atoms with Gasteiger partial charge in [0.25, 0.3) is 0 Å². The molecule has 0 N–H and O–H groups in total. The Morgan fingerprint density at radius 3 is 2.72 bits per heavy atom. The molecule has 0 radical (unpaired) electrons. The highest BCUT2D eigenvalue weighted by Crippen LogP contribution is 2.29. The van der Waals surface area contributed by atoms with E-state index in [1.807, 2.05) is 6.07 Å². The highest BCUT2D eigenvalue weighted by molar-refractivity contribution is 14.1. The molecule has 3 aromatic heterocycles. The van der Waals surface area contributed by atoms with Crippen molar-refractivity contribution < 1.29 is 0 Å². The lowest BCUT2D eigenvalue weighted by molar-refractivity contribution is 0.814. The molecule has 1 aliphatic heterocycles.